The zero-order valence-electron chi connectivity index (χ0n) is 17.8. The first-order valence-corrected chi connectivity index (χ1v) is 10.9. The lowest BCUT2D eigenvalue weighted by Crippen LogP contribution is -2.43. The van der Waals surface area contributed by atoms with Crippen LogP contribution in [0.2, 0.25) is 0 Å². The number of aromatic carboxylic acids is 1. The van der Waals surface area contributed by atoms with Crippen LogP contribution in [0.3, 0.4) is 0 Å². The summed E-state index contributed by atoms with van der Waals surface area (Å²) in [5, 5.41) is 13.4. The van der Waals surface area contributed by atoms with Crippen LogP contribution < -0.4 is 20.5 Å². The van der Waals surface area contributed by atoms with E-state index in [0.29, 0.717) is 24.1 Å². The summed E-state index contributed by atoms with van der Waals surface area (Å²) in [6, 6.07) is 13.7. The molecule has 0 amide bonds. The minimum atomic E-state index is -1.22. The topological polar surface area (TPSA) is 87.0 Å². The summed E-state index contributed by atoms with van der Waals surface area (Å²) in [4.78, 5) is 29.3. The number of nitrogens with one attached hydrogen (secondary N) is 1. The summed E-state index contributed by atoms with van der Waals surface area (Å²) in [7, 11) is 0. The molecule has 0 saturated carbocycles. The van der Waals surface area contributed by atoms with Gasteiger partial charge in [-0.3, -0.25) is 4.79 Å². The predicted molar refractivity (Wildman–Crippen MR) is 125 cm³/mol. The molecule has 0 aliphatic carbocycles. The molecule has 2 fully saturated rings. The van der Waals surface area contributed by atoms with Crippen molar-refractivity contribution in [2.45, 2.75) is 0 Å². The van der Waals surface area contributed by atoms with Crippen molar-refractivity contribution in [2.24, 2.45) is 0 Å². The van der Waals surface area contributed by atoms with E-state index in [0.717, 1.165) is 56.3 Å². The number of rotatable bonds is 4. The van der Waals surface area contributed by atoms with E-state index in [2.05, 4.69) is 15.1 Å². The van der Waals surface area contributed by atoms with Gasteiger partial charge in [-0.1, -0.05) is 6.07 Å². The number of aromatic nitrogens is 1. The lowest BCUT2D eigenvalue weighted by molar-refractivity contribution is 0.0695. The fourth-order valence-electron chi connectivity index (χ4n) is 4.46. The molecule has 3 heterocycles. The van der Waals surface area contributed by atoms with Crippen molar-refractivity contribution in [1.82, 2.24) is 9.88 Å². The Morgan fingerprint density at radius 1 is 0.906 bits per heavy atom. The van der Waals surface area contributed by atoms with Gasteiger partial charge in [0.1, 0.15) is 5.56 Å². The quantitative estimate of drug-likeness (QED) is 0.649. The van der Waals surface area contributed by atoms with Crippen LogP contribution in [0.1, 0.15) is 10.4 Å². The second-order valence-electron chi connectivity index (χ2n) is 8.10. The molecule has 1 aromatic heterocycles. The Morgan fingerprint density at radius 2 is 1.59 bits per heavy atom. The number of ether oxygens (including phenoxy) is 1. The van der Waals surface area contributed by atoms with Crippen molar-refractivity contribution in [3.05, 3.63) is 64.4 Å². The van der Waals surface area contributed by atoms with Gasteiger partial charge in [-0.25, -0.2) is 4.79 Å². The third-order valence-electron chi connectivity index (χ3n) is 6.18. The number of fused-ring (bicyclic) bond motifs is 1. The van der Waals surface area contributed by atoms with Gasteiger partial charge in [-0.05, 0) is 36.4 Å². The van der Waals surface area contributed by atoms with Crippen molar-refractivity contribution in [3.63, 3.8) is 0 Å². The normalized spacial score (nSPS) is 17.0. The number of anilines is 2. The van der Waals surface area contributed by atoms with Gasteiger partial charge in [0, 0.05) is 67.9 Å². The molecule has 8 nitrogen and oxygen atoms in total. The largest absolute Gasteiger partial charge is 0.477 e. The third-order valence-corrected chi connectivity index (χ3v) is 6.18. The summed E-state index contributed by atoms with van der Waals surface area (Å²) in [5.74, 6) is -1.22. The fraction of sp³-hybridized carbons (Fsp3) is 0.333. The minimum Gasteiger partial charge on any atom is -0.477 e. The lowest BCUT2D eigenvalue weighted by atomic mass is 10.1. The first-order chi connectivity index (χ1) is 15.6. The van der Waals surface area contributed by atoms with E-state index in [1.54, 1.807) is 6.07 Å². The van der Waals surface area contributed by atoms with Gasteiger partial charge in [-0.2, -0.15) is 0 Å². The maximum absolute atomic E-state index is 12.9. The van der Waals surface area contributed by atoms with Crippen molar-refractivity contribution < 1.29 is 14.6 Å². The van der Waals surface area contributed by atoms with Crippen LogP contribution in [0.15, 0.2) is 53.5 Å². The molecule has 2 aromatic carbocycles. The van der Waals surface area contributed by atoms with Crippen molar-refractivity contribution in [3.8, 4) is 5.69 Å². The van der Waals surface area contributed by atoms with E-state index >= 15 is 0 Å². The number of carboxylic acid groups (broad SMARTS) is 1. The Morgan fingerprint density at radius 3 is 2.34 bits per heavy atom. The van der Waals surface area contributed by atoms with Crippen LogP contribution in [-0.4, -0.2) is 68.1 Å². The molecule has 5 rings (SSSR count). The van der Waals surface area contributed by atoms with Crippen LogP contribution in [0, 0.1) is 0 Å². The number of nitrogens with zero attached hydrogens (tertiary/aromatic N) is 3. The van der Waals surface area contributed by atoms with Gasteiger partial charge in [-0.15, -0.1) is 0 Å². The van der Waals surface area contributed by atoms with Crippen LogP contribution >= 0.6 is 0 Å². The molecule has 32 heavy (non-hydrogen) atoms. The molecular weight excluding hydrogens is 408 g/mol. The molecule has 0 unspecified atom stereocenters. The van der Waals surface area contributed by atoms with Gasteiger partial charge < -0.3 is 29.5 Å². The number of hydrogen-bond acceptors (Lipinski definition) is 6. The van der Waals surface area contributed by atoms with Gasteiger partial charge in [0.15, 0.2) is 0 Å². The zero-order chi connectivity index (χ0) is 22.1. The molecule has 3 aromatic rings. The van der Waals surface area contributed by atoms with Gasteiger partial charge in [0.2, 0.25) is 5.43 Å². The van der Waals surface area contributed by atoms with Gasteiger partial charge in [0.25, 0.3) is 0 Å². The molecule has 0 radical (unpaired) electrons. The van der Waals surface area contributed by atoms with Crippen molar-refractivity contribution in [2.75, 3.05) is 62.3 Å². The number of hydrogen-bond donors (Lipinski definition) is 2. The maximum Gasteiger partial charge on any atom is 0.341 e. The van der Waals surface area contributed by atoms with Gasteiger partial charge >= 0.3 is 5.97 Å². The van der Waals surface area contributed by atoms with E-state index in [-0.39, 0.29) is 5.56 Å². The van der Waals surface area contributed by atoms with Crippen LogP contribution in [0.4, 0.5) is 11.4 Å². The number of pyridine rings is 1. The molecule has 2 aliphatic heterocycles. The first-order valence-electron chi connectivity index (χ1n) is 10.9. The van der Waals surface area contributed by atoms with Crippen LogP contribution in [0.5, 0.6) is 0 Å². The molecule has 0 bridgehead atoms. The van der Waals surface area contributed by atoms with E-state index in [4.69, 9.17) is 4.74 Å². The Balaban J connectivity index is 1.67. The highest BCUT2D eigenvalue weighted by molar-refractivity contribution is 5.94. The third kappa shape index (κ3) is 3.83. The Bertz CT molecular complexity index is 1210. The average Bonchev–Trinajstić information content (AvgIpc) is 2.85. The highest BCUT2D eigenvalue weighted by Crippen LogP contribution is 2.26. The minimum absolute atomic E-state index is 0.232. The zero-order valence-corrected chi connectivity index (χ0v) is 17.8. The Kier molecular flexibility index (Phi) is 5.55. The average molecular weight is 434 g/mol. The smallest absolute Gasteiger partial charge is 0.341 e. The second-order valence-corrected chi connectivity index (χ2v) is 8.10. The molecule has 8 heteroatoms. The van der Waals surface area contributed by atoms with Gasteiger partial charge in [0.05, 0.1) is 18.7 Å². The summed E-state index contributed by atoms with van der Waals surface area (Å²) in [5.41, 5.74) is 2.91. The Hall–Kier alpha value is -3.36. The monoisotopic (exact) mass is 434 g/mol. The SMILES string of the molecule is O=C(O)c1cn(-c2cccc(N3CCOCC3)c2)c2cc(N3CCNCC3)ccc2c1=O. The summed E-state index contributed by atoms with van der Waals surface area (Å²) in [6.07, 6.45) is 1.45. The maximum atomic E-state index is 12.9. The van der Waals surface area contributed by atoms with E-state index in [1.165, 1.54) is 6.20 Å². The molecule has 2 N–H and O–H groups in total. The molecule has 0 atom stereocenters. The molecule has 0 spiro atoms. The fourth-order valence-corrected chi connectivity index (χ4v) is 4.46. The standard InChI is InChI=1S/C24H26N4O4/c29-23-20-5-4-18(26-8-6-25-7-9-26)15-22(20)28(16-21(23)24(30)31)19-3-1-2-17(14-19)27-10-12-32-13-11-27/h1-5,14-16,25H,6-13H2,(H,30,31). The van der Waals surface area contributed by atoms with Crippen molar-refractivity contribution in [1.29, 1.82) is 0 Å². The summed E-state index contributed by atoms with van der Waals surface area (Å²) < 4.78 is 7.29. The predicted octanol–water partition coefficient (Wildman–Crippen LogP) is 1.94. The highest BCUT2D eigenvalue weighted by Gasteiger charge is 2.19. The Labute approximate surface area is 185 Å². The second kappa shape index (κ2) is 8.64. The molecule has 166 valence electrons. The number of carbonyl (C=O) groups is 1. The summed E-state index contributed by atoms with van der Waals surface area (Å²) in [6.45, 7) is 6.56. The van der Waals surface area contributed by atoms with Crippen LogP contribution in [0.25, 0.3) is 16.6 Å². The number of benzene rings is 2. The van der Waals surface area contributed by atoms with Crippen LogP contribution in [-0.2, 0) is 4.74 Å². The molecule has 2 aliphatic rings. The van der Waals surface area contributed by atoms with E-state index in [9.17, 15) is 14.7 Å². The van der Waals surface area contributed by atoms with Crippen molar-refractivity contribution >= 4 is 28.2 Å². The lowest BCUT2D eigenvalue weighted by Gasteiger charge is -2.30. The number of piperazine rings is 1. The first kappa shape index (κ1) is 20.5. The number of morpholine rings is 1. The highest BCUT2D eigenvalue weighted by atomic mass is 16.5. The van der Waals surface area contributed by atoms with E-state index < -0.39 is 11.4 Å². The van der Waals surface area contributed by atoms with E-state index in [1.807, 2.05) is 41.0 Å². The molecule has 2 saturated heterocycles. The molecular formula is C24H26N4O4. The summed E-state index contributed by atoms with van der Waals surface area (Å²) >= 11 is 0. The number of carboxylic acids is 1.